The molecule has 4 nitrogen and oxygen atoms in total. The van der Waals surface area contributed by atoms with Gasteiger partial charge in [-0.25, -0.2) is 0 Å². The highest BCUT2D eigenvalue weighted by atomic mass is 16.5. The summed E-state index contributed by atoms with van der Waals surface area (Å²) in [6, 6.07) is 0. The van der Waals surface area contributed by atoms with Crippen LogP contribution in [0.5, 0.6) is 0 Å². The zero-order valence-corrected chi connectivity index (χ0v) is 18.3. The normalized spacial score (nSPS) is 20.1. The topological polar surface area (TPSA) is 52.6 Å². The summed E-state index contributed by atoms with van der Waals surface area (Å²) in [6.07, 6.45) is 15.3. The third-order valence-electron chi connectivity index (χ3n) is 5.39. The number of ether oxygens (including phenoxy) is 2. The molecule has 0 saturated heterocycles. The number of allylic oxidation sites excluding steroid dienone is 6. The van der Waals surface area contributed by atoms with Crippen molar-refractivity contribution in [1.29, 1.82) is 0 Å². The third-order valence-corrected chi connectivity index (χ3v) is 5.39. The van der Waals surface area contributed by atoms with Crippen molar-refractivity contribution in [3.63, 3.8) is 0 Å². The Bertz CT molecular complexity index is 662. The molecule has 0 aromatic heterocycles. The first-order valence-electron chi connectivity index (χ1n) is 10.1. The molecule has 0 radical (unpaired) electrons. The summed E-state index contributed by atoms with van der Waals surface area (Å²) < 4.78 is 9.78. The Morgan fingerprint density at radius 2 is 1.82 bits per heavy atom. The van der Waals surface area contributed by atoms with Crippen molar-refractivity contribution < 1.29 is 19.1 Å². The van der Waals surface area contributed by atoms with Crippen molar-refractivity contribution >= 4 is 11.9 Å². The smallest absolute Gasteiger partial charge is 0.307 e. The molecule has 0 aromatic rings. The van der Waals surface area contributed by atoms with E-state index >= 15 is 0 Å². The number of carbonyl (C=O) groups excluding carboxylic acids is 2. The second-order valence-corrected chi connectivity index (χ2v) is 8.37. The summed E-state index contributed by atoms with van der Waals surface area (Å²) >= 11 is 0. The standard InChI is InChI=1S/C24H36O4/c1-18(12-13-23-19(2)10-8-15-24(23,5)6)9-7-11-22(17-28-21(4)26)14-16-27-20(3)25/h9-10,14,16-17,23H,7-8,11-13,15H2,1-6H3. The molecule has 28 heavy (non-hydrogen) atoms. The molecule has 0 aliphatic heterocycles. The van der Waals surface area contributed by atoms with Gasteiger partial charge in [0.25, 0.3) is 0 Å². The van der Waals surface area contributed by atoms with E-state index in [1.165, 1.54) is 56.8 Å². The number of carbonyl (C=O) groups is 2. The minimum atomic E-state index is -0.381. The number of hydrogen-bond acceptors (Lipinski definition) is 4. The van der Waals surface area contributed by atoms with Gasteiger partial charge in [-0.15, -0.1) is 0 Å². The maximum Gasteiger partial charge on any atom is 0.307 e. The summed E-state index contributed by atoms with van der Waals surface area (Å²) in [5.41, 5.74) is 4.09. The summed E-state index contributed by atoms with van der Waals surface area (Å²) in [7, 11) is 0. The average Bonchev–Trinajstić information content (AvgIpc) is 2.57. The van der Waals surface area contributed by atoms with E-state index in [4.69, 9.17) is 9.47 Å². The Morgan fingerprint density at radius 1 is 1.14 bits per heavy atom. The highest BCUT2D eigenvalue weighted by Gasteiger charge is 2.32. The van der Waals surface area contributed by atoms with Gasteiger partial charge in [0.15, 0.2) is 0 Å². The van der Waals surface area contributed by atoms with Crippen LogP contribution in [0, 0.1) is 11.3 Å². The van der Waals surface area contributed by atoms with Crippen LogP contribution in [0.15, 0.2) is 47.5 Å². The quantitative estimate of drug-likeness (QED) is 0.198. The van der Waals surface area contributed by atoms with Gasteiger partial charge in [0.2, 0.25) is 0 Å². The van der Waals surface area contributed by atoms with Gasteiger partial charge in [0.1, 0.15) is 0 Å². The molecule has 1 aliphatic rings. The first-order valence-corrected chi connectivity index (χ1v) is 10.1. The molecular formula is C24H36O4. The fraction of sp³-hybridized carbons (Fsp3) is 0.583. The number of hydrogen-bond donors (Lipinski definition) is 0. The van der Waals surface area contributed by atoms with Crippen LogP contribution >= 0.6 is 0 Å². The summed E-state index contributed by atoms with van der Waals surface area (Å²) in [5.74, 6) is -0.104. The second-order valence-electron chi connectivity index (χ2n) is 8.37. The van der Waals surface area contributed by atoms with E-state index in [9.17, 15) is 9.59 Å². The van der Waals surface area contributed by atoms with Crippen molar-refractivity contribution in [3.8, 4) is 0 Å². The average molecular weight is 389 g/mol. The minimum absolute atomic E-state index is 0.372. The van der Waals surface area contributed by atoms with Crippen molar-refractivity contribution in [2.75, 3.05) is 0 Å². The molecule has 1 rings (SSSR count). The summed E-state index contributed by atoms with van der Waals surface area (Å²) in [5, 5.41) is 0. The van der Waals surface area contributed by atoms with Gasteiger partial charge in [-0.3, -0.25) is 9.59 Å². The molecule has 0 fully saturated rings. The van der Waals surface area contributed by atoms with Gasteiger partial charge in [-0.05, 0) is 75.4 Å². The van der Waals surface area contributed by atoms with Gasteiger partial charge in [-0.1, -0.05) is 37.1 Å². The summed E-state index contributed by atoms with van der Waals surface area (Å²) in [6.45, 7) is 11.9. The molecule has 0 saturated carbocycles. The van der Waals surface area contributed by atoms with E-state index in [2.05, 4.69) is 39.8 Å². The van der Waals surface area contributed by atoms with Gasteiger partial charge in [0.05, 0.1) is 12.5 Å². The zero-order valence-electron chi connectivity index (χ0n) is 18.3. The molecule has 0 bridgehead atoms. The van der Waals surface area contributed by atoms with Crippen LogP contribution in [0.4, 0.5) is 0 Å². The van der Waals surface area contributed by atoms with Gasteiger partial charge < -0.3 is 9.47 Å². The Morgan fingerprint density at radius 3 is 2.43 bits per heavy atom. The predicted octanol–water partition coefficient (Wildman–Crippen LogP) is 6.40. The Labute approximate surface area is 170 Å². The van der Waals surface area contributed by atoms with Crippen molar-refractivity contribution in [2.45, 2.75) is 80.1 Å². The lowest BCUT2D eigenvalue weighted by molar-refractivity contribution is -0.136. The number of rotatable bonds is 9. The van der Waals surface area contributed by atoms with Crippen LogP contribution in [-0.4, -0.2) is 11.9 Å². The Hall–Kier alpha value is -2.10. The monoisotopic (exact) mass is 388 g/mol. The Kier molecular flexibility index (Phi) is 9.98. The molecule has 0 aromatic carbocycles. The summed E-state index contributed by atoms with van der Waals surface area (Å²) in [4.78, 5) is 21.9. The van der Waals surface area contributed by atoms with E-state index < -0.39 is 0 Å². The third kappa shape index (κ3) is 9.20. The van der Waals surface area contributed by atoms with E-state index in [1.807, 2.05) is 0 Å². The van der Waals surface area contributed by atoms with Crippen molar-refractivity contribution in [1.82, 2.24) is 0 Å². The van der Waals surface area contributed by atoms with Crippen molar-refractivity contribution in [3.05, 3.63) is 47.5 Å². The van der Waals surface area contributed by atoms with Crippen LogP contribution < -0.4 is 0 Å². The molecule has 1 atom stereocenters. The highest BCUT2D eigenvalue weighted by Crippen LogP contribution is 2.43. The molecular weight excluding hydrogens is 352 g/mol. The largest absolute Gasteiger partial charge is 0.435 e. The fourth-order valence-electron chi connectivity index (χ4n) is 3.74. The molecule has 1 aliphatic carbocycles. The lowest BCUT2D eigenvalue weighted by Crippen LogP contribution is -2.27. The fourth-order valence-corrected chi connectivity index (χ4v) is 3.74. The van der Waals surface area contributed by atoms with Crippen LogP contribution in [-0.2, 0) is 19.1 Å². The van der Waals surface area contributed by atoms with Crippen LogP contribution in [0.25, 0.3) is 0 Å². The van der Waals surface area contributed by atoms with E-state index in [0.717, 1.165) is 18.4 Å². The predicted molar refractivity (Wildman–Crippen MR) is 113 cm³/mol. The maximum atomic E-state index is 11.0. The molecule has 156 valence electrons. The van der Waals surface area contributed by atoms with Crippen molar-refractivity contribution in [2.24, 2.45) is 11.3 Å². The lowest BCUT2D eigenvalue weighted by atomic mass is 9.67. The lowest BCUT2D eigenvalue weighted by Gasteiger charge is -2.38. The van der Waals surface area contributed by atoms with E-state index in [0.29, 0.717) is 17.8 Å². The molecule has 1 unspecified atom stereocenters. The minimum Gasteiger partial charge on any atom is -0.435 e. The molecule has 0 amide bonds. The first kappa shape index (κ1) is 23.9. The molecule has 0 spiro atoms. The van der Waals surface area contributed by atoms with Gasteiger partial charge in [-0.2, -0.15) is 0 Å². The Balaban J connectivity index is 2.59. The molecule has 0 N–H and O–H groups in total. The first-order chi connectivity index (χ1) is 13.1. The second kappa shape index (κ2) is 11.7. The highest BCUT2D eigenvalue weighted by molar-refractivity contribution is 5.67. The molecule has 4 heteroatoms. The van der Waals surface area contributed by atoms with E-state index in [-0.39, 0.29) is 11.9 Å². The van der Waals surface area contributed by atoms with Gasteiger partial charge >= 0.3 is 11.9 Å². The SMILES string of the molecule is CC(=O)OC=CC(=COC(C)=O)CCC=C(C)CCC1C(C)=CCCC1(C)C. The zero-order chi connectivity index (χ0) is 21.2. The molecule has 0 heterocycles. The van der Waals surface area contributed by atoms with Crippen LogP contribution in [0.3, 0.4) is 0 Å². The van der Waals surface area contributed by atoms with E-state index in [1.54, 1.807) is 6.08 Å². The van der Waals surface area contributed by atoms with Crippen LogP contribution in [0.1, 0.15) is 80.1 Å². The van der Waals surface area contributed by atoms with Gasteiger partial charge in [0, 0.05) is 13.8 Å². The number of esters is 2. The van der Waals surface area contributed by atoms with Crippen LogP contribution in [0.2, 0.25) is 0 Å². The maximum absolute atomic E-state index is 11.0.